The first-order valence-electron chi connectivity index (χ1n) is 9.79. The topological polar surface area (TPSA) is 96.0 Å². The summed E-state index contributed by atoms with van der Waals surface area (Å²) in [5.74, 6) is -0.0277. The Balaban J connectivity index is 1.62. The summed E-state index contributed by atoms with van der Waals surface area (Å²) in [5, 5.41) is 27.0. The molecule has 0 bridgehead atoms. The molecule has 7 heteroatoms. The molecule has 0 radical (unpaired) electrons. The monoisotopic (exact) mass is 416 g/mol. The molecule has 1 aromatic heterocycles. The smallest absolute Gasteiger partial charge is 0.268 e. The molecular formula is C24H20N2O5. The zero-order chi connectivity index (χ0) is 21.8. The maximum Gasteiger partial charge on any atom is 0.268 e. The summed E-state index contributed by atoms with van der Waals surface area (Å²) < 4.78 is 10.5. The van der Waals surface area contributed by atoms with Crippen molar-refractivity contribution in [3.63, 3.8) is 0 Å². The molecule has 2 N–H and O–H groups in total. The van der Waals surface area contributed by atoms with E-state index in [1.807, 2.05) is 30.3 Å². The lowest BCUT2D eigenvalue weighted by molar-refractivity contribution is -0.132. The lowest BCUT2D eigenvalue weighted by atomic mass is 9.86. The van der Waals surface area contributed by atoms with Crippen LogP contribution in [0.25, 0.3) is 11.0 Å². The van der Waals surface area contributed by atoms with E-state index in [1.165, 1.54) is 17.0 Å². The van der Waals surface area contributed by atoms with Crippen LogP contribution < -0.4 is 9.64 Å². The summed E-state index contributed by atoms with van der Waals surface area (Å²) >= 11 is 0. The number of hydrogen-bond acceptors (Lipinski definition) is 6. The molecule has 0 saturated carbocycles. The van der Waals surface area contributed by atoms with Crippen molar-refractivity contribution in [2.75, 3.05) is 12.0 Å². The van der Waals surface area contributed by atoms with Crippen molar-refractivity contribution < 1.29 is 24.3 Å². The fourth-order valence-electron chi connectivity index (χ4n) is 4.15. The van der Waals surface area contributed by atoms with E-state index in [1.54, 1.807) is 32.2 Å². The molecule has 1 atom stereocenters. The van der Waals surface area contributed by atoms with Crippen molar-refractivity contribution in [3.8, 4) is 11.5 Å². The molecule has 1 amide bonds. The third-order valence-electron chi connectivity index (χ3n) is 5.80. The van der Waals surface area contributed by atoms with E-state index < -0.39 is 11.5 Å². The molecule has 156 valence electrons. The van der Waals surface area contributed by atoms with Gasteiger partial charge in [0.1, 0.15) is 11.5 Å². The molecule has 4 aromatic rings. The van der Waals surface area contributed by atoms with Gasteiger partial charge in [0.2, 0.25) is 5.60 Å². The molecular weight excluding hydrogens is 396 g/mol. The first kappa shape index (κ1) is 19.1. The Morgan fingerprint density at radius 2 is 1.84 bits per heavy atom. The molecule has 1 unspecified atom stereocenters. The van der Waals surface area contributed by atoms with Crippen LogP contribution >= 0.6 is 0 Å². The Morgan fingerprint density at radius 3 is 2.58 bits per heavy atom. The van der Waals surface area contributed by atoms with Gasteiger partial charge in [-0.15, -0.1) is 0 Å². The van der Waals surface area contributed by atoms with Crippen LogP contribution in [0.2, 0.25) is 0 Å². The maximum absolute atomic E-state index is 13.6. The number of aryl methyl sites for hydroxylation is 1. The highest BCUT2D eigenvalue weighted by molar-refractivity contribution is 6.09. The van der Waals surface area contributed by atoms with Crippen LogP contribution in [0.5, 0.6) is 11.5 Å². The summed E-state index contributed by atoms with van der Waals surface area (Å²) in [5.41, 5.74) is 0.867. The van der Waals surface area contributed by atoms with Gasteiger partial charge in [-0.05, 0) is 42.8 Å². The number of rotatable bonds is 4. The molecule has 0 aliphatic carbocycles. The van der Waals surface area contributed by atoms with Crippen LogP contribution in [0.15, 0.2) is 65.2 Å². The Kier molecular flexibility index (Phi) is 4.23. The van der Waals surface area contributed by atoms with E-state index in [2.05, 4.69) is 5.16 Å². The van der Waals surface area contributed by atoms with Gasteiger partial charge in [0.15, 0.2) is 5.58 Å². The van der Waals surface area contributed by atoms with Gasteiger partial charge in [-0.25, -0.2) is 0 Å². The third-order valence-corrected chi connectivity index (χ3v) is 5.80. The second-order valence-corrected chi connectivity index (χ2v) is 7.60. The molecule has 31 heavy (non-hydrogen) atoms. The number of ether oxygens (including phenoxy) is 1. The summed E-state index contributed by atoms with van der Waals surface area (Å²) in [6, 6.07) is 17.4. The van der Waals surface area contributed by atoms with Crippen LogP contribution in [-0.4, -0.2) is 28.4 Å². The van der Waals surface area contributed by atoms with Crippen LogP contribution in [-0.2, 0) is 16.9 Å². The normalized spacial score (nSPS) is 17.9. The number of carbonyl (C=O) groups is 1. The molecule has 2 heterocycles. The predicted molar refractivity (Wildman–Crippen MR) is 114 cm³/mol. The van der Waals surface area contributed by atoms with Crippen molar-refractivity contribution in [1.82, 2.24) is 5.16 Å². The van der Waals surface area contributed by atoms with Crippen molar-refractivity contribution >= 4 is 22.6 Å². The van der Waals surface area contributed by atoms with E-state index >= 15 is 0 Å². The minimum Gasteiger partial charge on any atom is -0.508 e. The fraction of sp³-hybridized carbons (Fsp3) is 0.167. The summed E-state index contributed by atoms with van der Waals surface area (Å²) in [4.78, 5) is 15.1. The second-order valence-electron chi connectivity index (χ2n) is 7.60. The Hall–Kier alpha value is -3.84. The van der Waals surface area contributed by atoms with Crippen molar-refractivity contribution in [1.29, 1.82) is 0 Å². The first-order valence-corrected chi connectivity index (χ1v) is 9.79. The number of fused-ring (bicyclic) bond motifs is 2. The SMILES string of the molecule is COc1ccc(CN2C(=O)C(O)(c3cc4onc(C)c4cc3O)c3ccccc32)cc1. The number of aromatic hydroxyl groups is 1. The quantitative estimate of drug-likeness (QED) is 0.527. The second kappa shape index (κ2) is 6.85. The largest absolute Gasteiger partial charge is 0.508 e. The highest BCUT2D eigenvalue weighted by Gasteiger charge is 2.52. The van der Waals surface area contributed by atoms with E-state index in [9.17, 15) is 15.0 Å². The number of amides is 1. The molecule has 0 saturated heterocycles. The van der Waals surface area contributed by atoms with E-state index in [0.29, 0.717) is 33.7 Å². The number of phenolic OH excluding ortho intramolecular Hbond substituents is 1. The highest BCUT2D eigenvalue weighted by atomic mass is 16.5. The van der Waals surface area contributed by atoms with Gasteiger partial charge >= 0.3 is 0 Å². The number of methoxy groups -OCH3 is 1. The number of hydrogen-bond donors (Lipinski definition) is 2. The average Bonchev–Trinajstić information content (AvgIpc) is 3.25. The summed E-state index contributed by atoms with van der Waals surface area (Å²) in [6.45, 7) is 2.01. The minimum absolute atomic E-state index is 0.0610. The fourth-order valence-corrected chi connectivity index (χ4v) is 4.15. The lowest BCUT2D eigenvalue weighted by Crippen LogP contribution is -2.41. The van der Waals surface area contributed by atoms with Crippen LogP contribution in [0.3, 0.4) is 0 Å². The molecule has 7 nitrogen and oxygen atoms in total. The van der Waals surface area contributed by atoms with Gasteiger partial charge < -0.3 is 24.4 Å². The van der Waals surface area contributed by atoms with Gasteiger partial charge in [0.05, 0.1) is 25.0 Å². The lowest BCUT2D eigenvalue weighted by Gasteiger charge is -2.24. The van der Waals surface area contributed by atoms with Gasteiger partial charge in [-0.3, -0.25) is 4.79 Å². The summed E-state index contributed by atoms with van der Waals surface area (Å²) in [6.07, 6.45) is 0. The number of benzene rings is 3. The molecule has 5 rings (SSSR count). The zero-order valence-electron chi connectivity index (χ0n) is 17.0. The number of aromatic nitrogens is 1. The Morgan fingerprint density at radius 1 is 1.10 bits per heavy atom. The van der Waals surface area contributed by atoms with E-state index in [4.69, 9.17) is 9.26 Å². The molecule has 0 spiro atoms. The van der Waals surface area contributed by atoms with E-state index in [0.717, 1.165) is 5.56 Å². The van der Waals surface area contributed by atoms with Crippen LogP contribution in [0.1, 0.15) is 22.4 Å². The average molecular weight is 416 g/mol. The minimum atomic E-state index is -2.05. The van der Waals surface area contributed by atoms with E-state index in [-0.39, 0.29) is 17.9 Å². The van der Waals surface area contributed by atoms with Crippen LogP contribution in [0.4, 0.5) is 5.69 Å². The van der Waals surface area contributed by atoms with Crippen LogP contribution in [0, 0.1) is 6.92 Å². The van der Waals surface area contributed by atoms with Crippen molar-refractivity contribution in [2.24, 2.45) is 0 Å². The number of nitrogens with zero attached hydrogens (tertiary/aromatic N) is 2. The van der Waals surface area contributed by atoms with Crippen molar-refractivity contribution in [3.05, 3.63) is 83.0 Å². The maximum atomic E-state index is 13.6. The number of para-hydroxylation sites is 1. The standard InChI is InChI=1S/C24H20N2O5/c1-14-17-11-21(27)19(12-22(17)31-25-14)24(29)18-5-3-4-6-20(18)26(23(24)28)13-15-7-9-16(30-2)10-8-15/h3-12,27,29H,13H2,1-2H3. The Labute approximate surface area is 178 Å². The molecule has 1 aliphatic heterocycles. The number of anilines is 1. The van der Waals surface area contributed by atoms with Gasteiger partial charge in [0, 0.05) is 16.5 Å². The molecule has 3 aromatic carbocycles. The van der Waals surface area contributed by atoms with Crippen molar-refractivity contribution in [2.45, 2.75) is 19.1 Å². The first-order chi connectivity index (χ1) is 14.9. The predicted octanol–water partition coefficient (Wildman–Crippen LogP) is 3.63. The van der Waals surface area contributed by atoms with Gasteiger partial charge in [-0.2, -0.15) is 0 Å². The number of aliphatic hydroxyl groups is 1. The zero-order valence-corrected chi connectivity index (χ0v) is 17.0. The number of carbonyl (C=O) groups excluding carboxylic acids is 1. The highest BCUT2D eigenvalue weighted by Crippen LogP contribution is 2.48. The third kappa shape index (κ3) is 2.78. The van der Waals surface area contributed by atoms with Gasteiger partial charge in [0.25, 0.3) is 5.91 Å². The summed E-state index contributed by atoms with van der Waals surface area (Å²) in [7, 11) is 1.59. The molecule has 1 aliphatic rings. The van der Waals surface area contributed by atoms with Gasteiger partial charge in [-0.1, -0.05) is 35.5 Å². The molecule has 0 fully saturated rings. The number of phenols is 1. The Bertz CT molecular complexity index is 1310.